The van der Waals surface area contributed by atoms with E-state index in [1.54, 1.807) is 24.3 Å². The summed E-state index contributed by atoms with van der Waals surface area (Å²) in [5.41, 5.74) is 6.48. The van der Waals surface area contributed by atoms with Gasteiger partial charge in [-0.15, -0.1) is 12.4 Å². The number of halogens is 2. The van der Waals surface area contributed by atoms with Gasteiger partial charge in [0.1, 0.15) is 5.69 Å². The van der Waals surface area contributed by atoms with E-state index in [0.717, 1.165) is 0 Å². The Bertz CT molecular complexity index is 1280. The van der Waals surface area contributed by atoms with Gasteiger partial charge in [-0.2, -0.15) is 0 Å². The van der Waals surface area contributed by atoms with Crippen molar-refractivity contribution in [2.75, 3.05) is 42.1 Å². The number of rotatable bonds is 8. The maximum atomic E-state index is 13.5. The van der Waals surface area contributed by atoms with E-state index < -0.39 is 11.5 Å². The molecule has 0 spiro atoms. The molecule has 0 aliphatic carbocycles. The largest absolute Gasteiger partial charge is 0.493 e. The summed E-state index contributed by atoms with van der Waals surface area (Å²) in [6, 6.07) is 6.74. The molecule has 0 saturated heterocycles. The first kappa shape index (κ1) is 27.3. The van der Waals surface area contributed by atoms with Crippen LogP contribution in [0.2, 0.25) is 0 Å². The highest BCUT2D eigenvalue weighted by Crippen LogP contribution is 2.43. The lowest BCUT2D eigenvalue weighted by Gasteiger charge is -2.20. The van der Waals surface area contributed by atoms with Gasteiger partial charge in [-0.25, -0.2) is 4.79 Å². The molecule has 2 aromatic carbocycles. The molecule has 3 rings (SSSR count). The molecule has 34 heavy (non-hydrogen) atoms. The maximum Gasteiger partial charge on any atom is 0.355 e. The van der Waals surface area contributed by atoms with E-state index in [4.69, 9.17) is 29.4 Å². The quantitative estimate of drug-likeness (QED) is 0.418. The average Bonchev–Trinajstić information content (AvgIpc) is 2.83. The van der Waals surface area contributed by atoms with E-state index in [9.17, 15) is 9.59 Å². The average molecular weight is 558 g/mol. The highest BCUT2D eigenvalue weighted by molar-refractivity contribution is 9.10. The number of aromatic nitrogens is 1. The number of esters is 1. The number of hydrogen-bond acceptors (Lipinski definition) is 8. The molecule has 0 fully saturated rings. The number of fused-ring (bicyclic) bond motifs is 1. The molecule has 184 valence electrons. The molecule has 0 saturated carbocycles. The molecule has 0 aliphatic rings. The Morgan fingerprint density at radius 1 is 0.912 bits per heavy atom. The minimum atomic E-state index is -0.682. The van der Waals surface area contributed by atoms with Crippen LogP contribution in [-0.2, 0) is 11.3 Å². The van der Waals surface area contributed by atoms with Crippen LogP contribution in [0.5, 0.6) is 23.0 Å². The minimum Gasteiger partial charge on any atom is -0.493 e. The van der Waals surface area contributed by atoms with Gasteiger partial charge in [0.2, 0.25) is 0 Å². The molecule has 9 nitrogen and oxygen atoms in total. The summed E-state index contributed by atoms with van der Waals surface area (Å²) in [6.07, 6.45) is 0. The van der Waals surface area contributed by atoms with E-state index in [1.165, 1.54) is 40.1 Å². The van der Waals surface area contributed by atoms with Gasteiger partial charge in [-0.3, -0.25) is 4.79 Å². The SMILES string of the molecule is COC(=O)c1c(-c2cc(Br)c(OC)c(OC)c2)c2cc(OC)c(OC)cc2c(=O)n1CCN.Cl. The normalized spacial score (nSPS) is 10.4. The number of pyridine rings is 1. The van der Waals surface area contributed by atoms with Crippen LogP contribution in [0.3, 0.4) is 0 Å². The van der Waals surface area contributed by atoms with Crippen LogP contribution in [0.1, 0.15) is 10.5 Å². The van der Waals surface area contributed by atoms with E-state index in [-0.39, 0.29) is 31.2 Å². The first-order valence-electron chi connectivity index (χ1n) is 9.89. The summed E-state index contributed by atoms with van der Waals surface area (Å²) in [6.45, 7) is 0.243. The number of benzene rings is 2. The van der Waals surface area contributed by atoms with Crippen molar-refractivity contribution in [3.05, 3.63) is 44.8 Å². The summed E-state index contributed by atoms with van der Waals surface area (Å²) in [5.74, 6) is 1.02. The Kier molecular flexibility index (Phi) is 9.20. The fourth-order valence-electron chi connectivity index (χ4n) is 3.78. The Morgan fingerprint density at radius 2 is 1.50 bits per heavy atom. The maximum absolute atomic E-state index is 13.5. The van der Waals surface area contributed by atoms with Crippen LogP contribution in [0.25, 0.3) is 21.9 Å². The third-order valence-electron chi connectivity index (χ3n) is 5.23. The molecular formula is C23H26BrClN2O7. The Morgan fingerprint density at radius 3 is 2.00 bits per heavy atom. The summed E-state index contributed by atoms with van der Waals surface area (Å²) >= 11 is 3.50. The fourth-order valence-corrected chi connectivity index (χ4v) is 4.38. The molecule has 0 atom stereocenters. The lowest BCUT2D eigenvalue weighted by atomic mass is 9.95. The van der Waals surface area contributed by atoms with Gasteiger partial charge in [0.05, 0.1) is 45.4 Å². The lowest BCUT2D eigenvalue weighted by Crippen LogP contribution is -2.30. The molecule has 0 radical (unpaired) electrons. The summed E-state index contributed by atoms with van der Waals surface area (Å²) < 4.78 is 28.8. The molecule has 3 aromatic rings. The smallest absolute Gasteiger partial charge is 0.355 e. The molecule has 0 unspecified atom stereocenters. The van der Waals surface area contributed by atoms with Gasteiger partial charge in [0, 0.05) is 24.0 Å². The molecule has 1 heterocycles. The van der Waals surface area contributed by atoms with E-state index in [0.29, 0.717) is 49.4 Å². The Labute approximate surface area is 211 Å². The van der Waals surface area contributed by atoms with Crippen molar-refractivity contribution >= 4 is 45.1 Å². The van der Waals surface area contributed by atoms with Crippen LogP contribution >= 0.6 is 28.3 Å². The number of carbonyl (C=O) groups excluding carboxylic acids is 1. The second-order valence-corrected chi connectivity index (χ2v) is 7.76. The second kappa shape index (κ2) is 11.5. The van der Waals surface area contributed by atoms with Gasteiger partial charge < -0.3 is 34.0 Å². The summed E-state index contributed by atoms with van der Waals surface area (Å²) in [4.78, 5) is 26.4. The zero-order valence-corrected chi connectivity index (χ0v) is 21.8. The molecule has 0 aliphatic heterocycles. The van der Waals surface area contributed by atoms with Crippen LogP contribution < -0.4 is 30.2 Å². The first-order valence-corrected chi connectivity index (χ1v) is 10.7. The fraction of sp³-hybridized carbons (Fsp3) is 0.304. The monoisotopic (exact) mass is 556 g/mol. The molecule has 2 N–H and O–H groups in total. The van der Waals surface area contributed by atoms with E-state index in [1.807, 2.05) is 0 Å². The Hall–Kier alpha value is -2.95. The number of ether oxygens (including phenoxy) is 5. The zero-order valence-electron chi connectivity index (χ0n) is 19.4. The van der Waals surface area contributed by atoms with Crippen molar-refractivity contribution < 1.29 is 28.5 Å². The van der Waals surface area contributed by atoms with Crippen LogP contribution in [0.15, 0.2) is 33.5 Å². The van der Waals surface area contributed by atoms with Crippen molar-refractivity contribution in [1.82, 2.24) is 4.57 Å². The van der Waals surface area contributed by atoms with Crippen LogP contribution in [0.4, 0.5) is 0 Å². The molecule has 1 aromatic heterocycles. The third-order valence-corrected chi connectivity index (χ3v) is 5.82. The first-order chi connectivity index (χ1) is 15.9. The predicted octanol–water partition coefficient (Wildman–Crippen LogP) is 3.63. The number of nitrogens with zero attached hydrogens (tertiary/aromatic N) is 1. The second-order valence-electron chi connectivity index (χ2n) is 6.91. The third kappa shape index (κ3) is 4.66. The van der Waals surface area contributed by atoms with E-state index >= 15 is 0 Å². The van der Waals surface area contributed by atoms with Gasteiger partial charge >= 0.3 is 5.97 Å². The molecule has 0 bridgehead atoms. The van der Waals surface area contributed by atoms with Gasteiger partial charge in [0.15, 0.2) is 23.0 Å². The van der Waals surface area contributed by atoms with Crippen molar-refractivity contribution in [2.24, 2.45) is 5.73 Å². The number of carbonyl (C=O) groups is 1. The van der Waals surface area contributed by atoms with Gasteiger partial charge in [-0.05, 0) is 45.8 Å². The Balaban J connectivity index is 0.00000408. The highest BCUT2D eigenvalue weighted by Gasteiger charge is 2.26. The van der Waals surface area contributed by atoms with Gasteiger partial charge in [0.25, 0.3) is 5.56 Å². The van der Waals surface area contributed by atoms with E-state index in [2.05, 4.69) is 15.9 Å². The molecule has 11 heteroatoms. The summed E-state index contributed by atoms with van der Waals surface area (Å²) in [5, 5.41) is 0.806. The molecular weight excluding hydrogens is 532 g/mol. The van der Waals surface area contributed by atoms with Crippen LogP contribution in [0, 0.1) is 0 Å². The number of methoxy groups -OCH3 is 5. The molecule has 0 amide bonds. The topological polar surface area (TPSA) is 111 Å². The number of hydrogen-bond donors (Lipinski definition) is 1. The van der Waals surface area contributed by atoms with Crippen LogP contribution in [-0.4, -0.2) is 52.6 Å². The van der Waals surface area contributed by atoms with Crippen molar-refractivity contribution in [1.29, 1.82) is 0 Å². The lowest BCUT2D eigenvalue weighted by molar-refractivity contribution is 0.0588. The highest BCUT2D eigenvalue weighted by atomic mass is 79.9. The zero-order chi connectivity index (χ0) is 24.3. The van der Waals surface area contributed by atoms with Crippen molar-refractivity contribution in [3.8, 4) is 34.1 Å². The van der Waals surface area contributed by atoms with Crippen molar-refractivity contribution in [2.45, 2.75) is 6.54 Å². The number of nitrogens with two attached hydrogens (primary N) is 1. The summed E-state index contributed by atoms with van der Waals surface area (Å²) in [7, 11) is 7.27. The predicted molar refractivity (Wildman–Crippen MR) is 135 cm³/mol. The standard InChI is InChI=1S/C23H25BrN2O7.ClH/c1-29-16-10-13-14(11-17(16)30-2)22(27)26(7-6-25)20(23(28)33-5)19(13)12-8-15(24)21(32-4)18(9-12)31-3;/h8-11H,6-7,25H2,1-5H3;1H. The van der Waals surface area contributed by atoms with Gasteiger partial charge in [-0.1, -0.05) is 0 Å². The van der Waals surface area contributed by atoms with Crippen molar-refractivity contribution in [3.63, 3.8) is 0 Å². The minimum absolute atomic E-state index is 0.